The molecular weight excluding hydrogens is 564 g/mol. The summed E-state index contributed by atoms with van der Waals surface area (Å²) in [6.45, 7) is 6.03. The van der Waals surface area contributed by atoms with Crippen molar-refractivity contribution < 1.29 is 53.9 Å². The van der Waals surface area contributed by atoms with Crippen LogP contribution in [0.1, 0.15) is 71.3 Å². The molecule has 2 fully saturated rings. The number of fused-ring (bicyclic) bond motifs is 1. The molecule has 1 aromatic rings. The molecule has 1 aliphatic heterocycles. The summed E-state index contributed by atoms with van der Waals surface area (Å²) < 4.78 is 10.8. The molecule has 1 saturated carbocycles. The van der Waals surface area contributed by atoms with Crippen LogP contribution in [0.2, 0.25) is 0 Å². The Labute approximate surface area is 251 Å². The summed E-state index contributed by atoms with van der Waals surface area (Å²) in [7, 11) is 0. The van der Waals surface area contributed by atoms with Crippen molar-refractivity contribution in [2.45, 2.75) is 109 Å². The number of carboxylic acids is 2. The number of aliphatic hydroxyl groups is 2. The predicted octanol–water partition coefficient (Wildman–Crippen LogP) is 1.48. The largest absolute Gasteiger partial charge is 0.479 e. The van der Waals surface area contributed by atoms with Gasteiger partial charge in [0.1, 0.15) is 18.7 Å². The molecule has 0 spiro atoms. The van der Waals surface area contributed by atoms with E-state index in [9.17, 15) is 24.0 Å². The topological polar surface area (TPSA) is 200 Å². The van der Waals surface area contributed by atoms with E-state index in [1.54, 1.807) is 18.7 Å². The molecule has 240 valence electrons. The van der Waals surface area contributed by atoms with E-state index in [1.165, 1.54) is 0 Å². The Kier molecular flexibility index (Phi) is 14.5. The summed E-state index contributed by atoms with van der Waals surface area (Å²) in [6, 6.07) is 7.91. The molecule has 7 atom stereocenters. The number of rotatable bonds is 13. The Balaban J connectivity index is 0.000000553. The van der Waals surface area contributed by atoms with E-state index in [1.807, 2.05) is 37.3 Å². The molecule has 0 radical (unpaired) electrons. The van der Waals surface area contributed by atoms with Crippen LogP contribution in [-0.2, 0) is 40.1 Å². The van der Waals surface area contributed by atoms with Crippen molar-refractivity contribution in [3.63, 3.8) is 0 Å². The summed E-state index contributed by atoms with van der Waals surface area (Å²) in [5.74, 6) is -4.04. The molecule has 43 heavy (non-hydrogen) atoms. The lowest BCUT2D eigenvalue weighted by Gasteiger charge is -2.35. The number of aliphatic hydroxyl groups excluding tert-OH is 2. The minimum atomic E-state index is -2.27. The molecule has 3 rings (SSSR count). The number of carbonyl (C=O) groups is 5. The molecule has 1 saturated heterocycles. The standard InChI is InChI=1S/C26H38N2O5.C4H6O6/c1-4-11-21(25(30)32-5-2)27-18(3)24(29)28-22-15-10-9-14-20(22)16-23(28)26(31)33-17-19-12-7-6-8-13-19;5-1(3(7)8)2(6)4(9)10/h6-8,12-13,18,20-23,27H,4-5,9-11,14-17H2,1-3H3;1-2,5-6H,(H,7,8)(H,9,10)/t18-,20-,21-,22-,23-;/m0./s1. The first-order valence-electron chi connectivity index (χ1n) is 14.7. The van der Waals surface area contributed by atoms with Gasteiger partial charge in [0.25, 0.3) is 0 Å². The molecule has 1 amide bonds. The summed E-state index contributed by atoms with van der Waals surface area (Å²) in [4.78, 5) is 60.4. The van der Waals surface area contributed by atoms with Gasteiger partial charge in [-0.05, 0) is 51.0 Å². The van der Waals surface area contributed by atoms with E-state index in [0.29, 0.717) is 25.4 Å². The number of benzene rings is 1. The Morgan fingerprint density at radius 1 is 0.953 bits per heavy atom. The molecule has 2 unspecified atom stereocenters. The number of likely N-dealkylation sites (tertiary alicyclic amines) is 1. The van der Waals surface area contributed by atoms with Crippen LogP contribution in [0, 0.1) is 5.92 Å². The van der Waals surface area contributed by atoms with Gasteiger partial charge in [0.2, 0.25) is 5.91 Å². The van der Waals surface area contributed by atoms with Gasteiger partial charge in [-0.3, -0.25) is 14.9 Å². The average Bonchev–Trinajstić information content (AvgIpc) is 3.39. The molecule has 13 heteroatoms. The van der Waals surface area contributed by atoms with E-state index in [0.717, 1.165) is 37.7 Å². The van der Waals surface area contributed by atoms with Crippen LogP contribution in [0.5, 0.6) is 0 Å². The van der Waals surface area contributed by atoms with Crippen molar-refractivity contribution in [2.24, 2.45) is 5.92 Å². The number of hydrogen-bond donors (Lipinski definition) is 5. The number of carbonyl (C=O) groups excluding carboxylic acids is 3. The van der Waals surface area contributed by atoms with E-state index in [4.69, 9.17) is 29.9 Å². The van der Waals surface area contributed by atoms with Crippen molar-refractivity contribution in [1.29, 1.82) is 0 Å². The fraction of sp³-hybridized carbons (Fsp3) is 0.633. The van der Waals surface area contributed by atoms with Gasteiger partial charge in [0.15, 0.2) is 12.2 Å². The number of hydrogen-bond acceptors (Lipinski definition) is 10. The number of nitrogens with zero attached hydrogens (tertiary/aromatic N) is 1. The highest BCUT2D eigenvalue weighted by Gasteiger charge is 2.49. The molecular formula is C30H44N2O11. The fourth-order valence-electron chi connectivity index (χ4n) is 5.48. The van der Waals surface area contributed by atoms with Crippen molar-refractivity contribution in [3.05, 3.63) is 35.9 Å². The van der Waals surface area contributed by atoms with Gasteiger partial charge in [-0.15, -0.1) is 0 Å². The van der Waals surface area contributed by atoms with Crippen molar-refractivity contribution >= 4 is 29.8 Å². The highest BCUT2D eigenvalue weighted by molar-refractivity contribution is 5.89. The Morgan fingerprint density at radius 2 is 1.56 bits per heavy atom. The molecule has 1 heterocycles. The van der Waals surface area contributed by atoms with Crippen LogP contribution >= 0.6 is 0 Å². The summed E-state index contributed by atoms with van der Waals surface area (Å²) >= 11 is 0. The van der Waals surface area contributed by atoms with Crippen molar-refractivity contribution in [3.8, 4) is 0 Å². The first kappa shape index (κ1) is 35.6. The van der Waals surface area contributed by atoms with Gasteiger partial charge >= 0.3 is 23.9 Å². The van der Waals surface area contributed by atoms with E-state index in [-0.39, 0.29) is 30.5 Å². The Bertz CT molecular complexity index is 1070. The highest BCUT2D eigenvalue weighted by atomic mass is 16.5. The molecule has 1 aromatic carbocycles. The van der Waals surface area contributed by atoms with Crippen LogP contribution in [0.15, 0.2) is 30.3 Å². The summed E-state index contributed by atoms with van der Waals surface area (Å²) in [6.07, 6.45) is 1.61. The summed E-state index contributed by atoms with van der Waals surface area (Å²) in [5, 5.41) is 35.7. The van der Waals surface area contributed by atoms with Gasteiger partial charge in [0.05, 0.1) is 12.6 Å². The normalized spacial score (nSPS) is 22.1. The maximum Gasteiger partial charge on any atom is 0.335 e. The van der Waals surface area contributed by atoms with Gasteiger partial charge in [-0.1, -0.05) is 56.5 Å². The zero-order chi connectivity index (χ0) is 32.1. The second-order valence-electron chi connectivity index (χ2n) is 10.8. The van der Waals surface area contributed by atoms with E-state index >= 15 is 0 Å². The minimum Gasteiger partial charge on any atom is -0.479 e. The lowest BCUT2D eigenvalue weighted by molar-refractivity contribution is -0.165. The number of carboxylic acid groups (broad SMARTS) is 2. The zero-order valence-corrected chi connectivity index (χ0v) is 24.9. The number of aliphatic carboxylic acids is 2. The zero-order valence-electron chi connectivity index (χ0n) is 24.9. The molecule has 13 nitrogen and oxygen atoms in total. The first-order valence-corrected chi connectivity index (χ1v) is 14.7. The van der Waals surface area contributed by atoms with E-state index < -0.39 is 42.3 Å². The van der Waals surface area contributed by atoms with Gasteiger partial charge in [-0.2, -0.15) is 0 Å². The maximum atomic E-state index is 13.6. The maximum absolute atomic E-state index is 13.6. The number of nitrogens with one attached hydrogen (secondary N) is 1. The first-order chi connectivity index (χ1) is 20.4. The minimum absolute atomic E-state index is 0.0528. The molecule has 0 aromatic heterocycles. The number of amides is 1. The van der Waals surface area contributed by atoms with Crippen LogP contribution in [-0.4, -0.2) is 98.1 Å². The quantitative estimate of drug-likeness (QED) is 0.202. The third-order valence-electron chi connectivity index (χ3n) is 7.61. The third kappa shape index (κ3) is 10.3. The van der Waals surface area contributed by atoms with Gasteiger partial charge in [-0.25, -0.2) is 14.4 Å². The lowest BCUT2D eigenvalue weighted by Crippen LogP contribution is -2.55. The van der Waals surface area contributed by atoms with Gasteiger partial charge in [0, 0.05) is 6.04 Å². The Hall–Kier alpha value is -3.55. The Morgan fingerprint density at radius 3 is 2.12 bits per heavy atom. The van der Waals surface area contributed by atoms with Crippen LogP contribution in [0.25, 0.3) is 0 Å². The monoisotopic (exact) mass is 608 g/mol. The summed E-state index contributed by atoms with van der Waals surface area (Å²) in [5.41, 5.74) is 0.922. The fourth-order valence-corrected chi connectivity index (χ4v) is 5.48. The van der Waals surface area contributed by atoms with Gasteiger partial charge < -0.3 is 34.8 Å². The molecule has 0 bridgehead atoms. The second kappa shape index (κ2) is 17.5. The van der Waals surface area contributed by atoms with Crippen LogP contribution in [0.4, 0.5) is 0 Å². The second-order valence-corrected chi connectivity index (χ2v) is 10.8. The molecule has 2 aliphatic rings. The lowest BCUT2D eigenvalue weighted by atomic mass is 9.84. The molecule has 5 N–H and O–H groups in total. The average molecular weight is 609 g/mol. The van der Waals surface area contributed by atoms with Crippen molar-refractivity contribution in [2.75, 3.05) is 6.61 Å². The number of esters is 2. The number of ether oxygens (including phenoxy) is 2. The van der Waals surface area contributed by atoms with Crippen LogP contribution < -0.4 is 5.32 Å². The predicted molar refractivity (Wildman–Crippen MR) is 152 cm³/mol. The van der Waals surface area contributed by atoms with Crippen LogP contribution in [0.3, 0.4) is 0 Å². The highest BCUT2D eigenvalue weighted by Crippen LogP contribution is 2.40. The third-order valence-corrected chi connectivity index (χ3v) is 7.61. The van der Waals surface area contributed by atoms with Crippen molar-refractivity contribution in [1.82, 2.24) is 10.2 Å². The molecule has 1 aliphatic carbocycles. The smallest absolute Gasteiger partial charge is 0.335 e. The SMILES string of the molecule is CCC[C@H](N[C@@H](C)C(=O)N1[C@H](C(=O)OCc2ccccc2)C[C@@H]2CCCC[C@@H]21)C(=O)OCC.O=C(O)C(O)C(O)C(=O)O. The van der Waals surface area contributed by atoms with E-state index in [2.05, 4.69) is 5.32 Å².